The fourth-order valence-electron chi connectivity index (χ4n) is 3.20. The van der Waals surface area contributed by atoms with E-state index in [1.165, 1.54) is 10.5 Å². The van der Waals surface area contributed by atoms with Crippen LogP contribution in [0.4, 0.5) is 17.5 Å². The third-order valence-corrected chi connectivity index (χ3v) is 4.92. The van der Waals surface area contributed by atoms with Crippen molar-refractivity contribution in [2.24, 2.45) is 7.05 Å². The first-order valence-electron chi connectivity index (χ1n) is 9.72. The molecule has 2 aromatic carbocycles. The molecule has 0 aliphatic carbocycles. The Hall–Kier alpha value is -3.87. The number of fused-ring (bicyclic) bond motifs is 1. The molecule has 0 radical (unpaired) electrons. The van der Waals surface area contributed by atoms with Crippen molar-refractivity contribution < 1.29 is 9.53 Å². The lowest BCUT2D eigenvalue weighted by Gasteiger charge is -2.11. The summed E-state index contributed by atoms with van der Waals surface area (Å²) in [5.41, 5.74) is 4.09. The van der Waals surface area contributed by atoms with Gasteiger partial charge in [-0.3, -0.25) is 4.79 Å². The first kappa shape index (κ1) is 19.4. The lowest BCUT2D eigenvalue weighted by Crippen LogP contribution is -2.14. The van der Waals surface area contributed by atoms with Crippen LogP contribution in [-0.4, -0.2) is 28.0 Å². The number of benzene rings is 2. The monoisotopic (exact) mass is 401 g/mol. The summed E-state index contributed by atoms with van der Waals surface area (Å²) in [5.74, 6) is 2.53. The fourth-order valence-corrected chi connectivity index (χ4v) is 3.20. The van der Waals surface area contributed by atoms with E-state index in [2.05, 4.69) is 29.4 Å². The standard InChI is InChI=1S/C23H23N5O2/c1-4-16-6-5-7-17(12-16)25-23-26-20-13-18(8-9-21(20)28(23)3)30-19-10-11-24-22(14-19)27(2)15-29/h5-15H,4H2,1-3H3,(H,25,26). The van der Waals surface area contributed by atoms with Crippen molar-refractivity contribution in [3.8, 4) is 11.5 Å². The molecule has 0 fully saturated rings. The number of hydrogen-bond acceptors (Lipinski definition) is 5. The zero-order chi connectivity index (χ0) is 21.1. The van der Waals surface area contributed by atoms with Crippen LogP contribution in [0.5, 0.6) is 11.5 Å². The highest BCUT2D eigenvalue weighted by Gasteiger charge is 2.10. The largest absolute Gasteiger partial charge is 0.457 e. The van der Waals surface area contributed by atoms with Crippen LogP contribution < -0.4 is 15.0 Å². The van der Waals surface area contributed by atoms with E-state index in [1.54, 1.807) is 25.4 Å². The molecular weight excluding hydrogens is 378 g/mol. The van der Waals surface area contributed by atoms with Gasteiger partial charge in [0.2, 0.25) is 12.4 Å². The van der Waals surface area contributed by atoms with Gasteiger partial charge in [0, 0.05) is 38.1 Å². The van der Waals surface area contributed by atoms with E-state index in [4.69, 9.17) is 9.72 Å². The van der Waals surface area contributed by atoms with Crippen molar-refractivity contribution in [1.29, 1.82) is 0 Å². The van der Waals surface area contributed by atoms with Crippen molar-refractivity contribution in [2.75, 3.05) is 17.3 Å². The lowest BCUT2D eigenvalue weighted by atomic mass is 10.1. The number of hydrogen-bond donors (Lipinski definition) is 1. The number of ether oxygens (including phenoxy) is 1. The van der Waals surface area contributed by atoms with Gasteiger partial charge in [0.05, 0.1) is 11.0 Å². The number of aryl methyl sites for hydroxylation is 2. The van der Waals surface area contributed by atoms with Gasteiger partial charge < -0.3 is 19.5 Å². The molecule has 7 heteroatoms. The van der Waals surface area contributed by atoms with Gasteiger partial charge in [-0.2, -0.15) is 0 Å². The minimum absolute atomic E-state index is 0.516. The number of nitrogens with zero attached hydrogens (tertiary/aromatic N) is 4. The summed E-state index contributed by atoms with van der Waals surface area (Å²) in [4.78, 5) is 21.2. The van der Waals surface area contributed by atoms with Crippen molar-refractivity contribution in [1.82, 2.24) is 14.5 Å². The van der Waals surface area contributed by atoms with Crippen LogP contribution in [0.1, 0.15) is 12.5 Å². The number of rotatable bonds is 7. The molecule has 0 saturated carbocycles. The summed E-state index contributed by atoms with van der Waals surface area (Å²) in [7, 11) is 3.62. The molecule has 152 valence electrons. The number of imidazole rings is 1. The highest BCUT2D eigenvalue weighted by atomic mass is 16.5. The van der Waals surface area contributed by atoms with Gasteiger partial charge >= 0.3 is 0 Å². The summed E-state index contributed by atoms with van der Waals surface area (Å²) in [6, 6.07) is 17.5. The topological polar surface area (TPSA) is 72.3 Å². The van der Waals surface area contributed by atoms with E-state index in [0.717, 1.165) is 29.1 Å². The molecule has 2 heterocycles. The Morgan fingerprint density at radius 2 is 1.97 bits per heavy atom. The number of anilines is 3. The minimum atomic E-state index is 0.516. The van der Waals surface area contributed by atoms with Crippen molar-refractivity contribution in [3.63, 3.8) is 0 Å². The molecular formula is C23H23N5O2. The molecule has 0 aliphatic rings. The first-order valence-corrected chi connectivity index (χ1v) is 9.72. The molecule has 4 aromatic rings. The molecule has 0 unspecified atom stereocenters. The van der Waals surface area contributed by atoms with Gasteiger partial charge in [-0.05, 0) is 42.3 Å². The average molecular weight is 401 g/mol. The van der Waals surface area contributed by atoms with Crippen molar-refractivity contribution >= 4 is 34.9 Å². The van der Waals surface area contributed by atoms with Gasteiger partial charge in [0.25, 0.3) is 0 Å². The maximum absolute atomic E-state index is 11.0. The van der Waals surface area contributed by atoms with E-state index in [0.29, 0.717) is 23.7 Å². The Kier molecular flexibility index (Phi) is 5.34. The van der Waals surface area contributed by atoms with Gasteiger partial charge in [0.1, 0.15) is 17.3 Å². The summed E-state index contributed by atoms with van der Waals surface area (Å²) in [6.45, 7) is 2.14. The number of pyridine rings is 1. The van der Waals surface area contributed by atoms with Crippen LogP contribution in [-0.2, 0) is 18.3 Å². The van der Waals surface area contributed by atoms with E-state index < -0.39 is 0 Å². The SMILES string of the molecule is CCc1cccc(Nc2nc3cc(Oc4ccnc(N(C)C=O)c4)ccc3n2C)c1. The highest BCUT2D eigenvalue weighted by molar-refractivity contribution is 5.81. The van der Waals surface area contributed by atoms with E-state index in [-0.39, 0.29) is 0 Å². The summed E-state index contributed by atoms with van der Waals surface area (Å²) in [6.07, 6.45) is 3.30. The normalized spacial score (nSPS) is 10.8. The molecule has 2 aromatic heterocycles. The molecule has 7 nitrogen and oxygen atoms in total. The third kappa shape index (κ3) is 3.96. The van der Waals surface area contributed by atoms with E-state index in [1.807, 2.05) is 41.9 Å². The predicted molar refractivity (Wildman–Crippen MR) is 119 cm³/mol. The molecule has 0 spiro atoms. The molecule has 0 aliphatic heterocycles. The third-order valence-electron chi connectivity index (χ3n) is 4.92. The molecule has 0 atom stereocenters. The van der Waals surface area contributed by atoms with Crippen molar-refractivity contribution in [3.05, 3.63) is 66.4 Å². The van der Waals surface area contributed by atoms with E-state index >= 15 is 0 Å². The molecule has 1 amide bonds. The number of carbonyl (C=O) groups excluding carboxylic acids is 1. The van der Waals surface area contributed by atoms with Gasteiger partial charge in [-0.15, -0.1) is 0 Å². The number of carbonyl (C=O) groups is 1. The zero-order valence-corrected chi connectivity index (χ0v) is 17.2. The van der Waals surface area contributed by atoms with Gasteiger partial charge in [0.15, 0.2) is 0 Å². The van der Waals surface area contributed by atoms with Crippen LogP contribution in [0.2, 0.25) is 0 Å². The second-order valence-corrected chi connectivity index (χ2v) is 6.99. The van der Waals surface area contributed by atoms with Gasteiger partial charge in [-0.25, -0.2) is 9.97 Å². The Bertz CT molecular complexity index is 1200. The van der Waals surface area contributed by atoms with Crippen LogP contribution in [0.3, 0.4) is 0 Å². The van der Waals surface area contributed by atoms with Crippen LogP contribution in [0.15, 0.2) is 60.8 Å². The smallest absolute Gasteiger partial charge is 0.215 e. The number of amides is 1. The number of aromatic nitrogens is 3. The second-order valence-electron chi connectivity index (χ2n) is 6.99. The fraction of sp³-hybridized carbons (Fsp3) is 0.174. The second kappa shape index (κ2) is 8.24. The minimum Gasteiger partial charge on any atom is -0.457 e. The zero-order valence-electron chi connectivity index (χ0n) is 17.2. The van der Waals surface area contributed by atoms with Crippen LogP contribution >= 0.6 is 0 Å². The average Bonchev–Trinajstić information content (AvgIpc) is 3.08. The summed E-state index contributed by atoms with van der Waals surface area (Å²) in [5, 5.41) is 3.40. The predicted octanol–water partition coefficient (Wildman–Crippen LogP) is 4.66. The quantitative estimate of drug-likeness (QED) is 0.456. The Morgan fingerprint density at radius 3 is 2.77 bits per heavy atom. The maximum Gasteiger partial charge on any atom is 0.215 e. The van der Waals surface area contributed by atoms with Crippen molar-refractivity contribution in [2.45, 2.75) is 13.3 Å². The number of nitrogens with one attached hydrogen (secondary N) is 1. The molecule has 30 heavy (non-hydrogen) atoms. The Morgan fingerprint density at radius 1 is 1.13 bits per heavy atom. The molecule has 1 N–H and O–H groups in total. The highest BCUT2D eigenvalue weighted by Crippen LogP contribution is 2.29. The first-order chi connectivity index (χ1) is 14.6. The Balaban J connectivity index is 1.59. The lowest BCUT2D eigenvalue weighted by molar-refractivity contribution is -0.107. The molecule has 4 rings (SSSR count). The van der Waals surface area contributed by atoms with Crippen LogP contribution in [0, 0.1) is 0 Å². The van der Waals surface area contributed by atoms with E-state index in [9.17, 15) is 4.79 Å². The Labute approximate surface area is 174 Å². The molecule has 0 bridgehead atoms. The van der Waals surface area contributed by atoms with Gasteiger partial charge in [-0.1, -0.05) is 19.1 Å². The van der Waals surface area contributed by atoms with Crippen LogP contribution in [0.25, 0.3) is 11.0 Å². The molecule has 0 saturated heterocycles. The maximum atomic E-state index is 11.0. The summed E-state index contributed by atoms with van der Waals surface area (Å²) >= 11 is 0. The summed E-state index contributed by atoms with van der Waals surface area (Å²) < 4.78 is 7.98.